The first-order valence-corrected chi connectivity index (χ1v) is 10.2. The van der Waals surface area contributed by atoms with Crippen LogP contribution in [0.4, 0.5) is 5.69 Å². The number of ether oxygens (including phenoxy) is 2. The zero-order valence-corrected chi connectivity index (χ0v) is 18.0. The van der Waals surface area contributed by atoms with E-state index in [1.807, 2.05) is 6.07 Å². The molecule has 28 heavy (non-hydrogen) atoms. The Morgan fingerprint density at radius 3 is 2.32 bits per heavy atom. The minimum Gasteiger partial charge on any atom is -0.497 e. The van der Waals surface area contributed by atoms with E-state index < -0.39 is 10.4 Å². The Hall–Kier alpha value is -1.85. The third kappa shape index (κ3) is 4.76. The first kappa shape index (κ1) is 22.4. The molecule has 1 unspecified atom stereocenters. The van der Waals surface area contributed by atoms with Gasteiger partial charge in [0.05, 0.1) is 14.2 Å². The van der Waals surface area contributed by atoms with E-state index in [-0.39, 0.29) is 6.23 Å². The van der Waals surface area contributed by atoms with Crippen LogP contribution in [-0.2, 0) is 19.3 Å². The molecule has 0 saturated carbocycles. The number of rotatable bonds is 4. The average molecular weight is 416 g/mol. The quantitative estimate of drug-likeness (QED) is 0.742. The third-order valence-corrected chi connectivity index (χ3v) is 5.34. The van der Waals surface area contributed by atoms with Gasteiger partial charge in [0.15, 0.2) is 6.23 Å². The van der Waals surface area contributed by atoms with Gasteiger partial charge in [-0.1, -0.05) is 0 Å². The molecule has 158 valence electrons. The molecule has 0 amide bonds. The van der Waals surface area contributed by atoms with Crippen molar-refractivity contribution in [3.8, 4) is 5.75 Å². The van der Waals surface area contributed by atoms with E-state index in [1.54, 1.807) is 14.2 Å². The van der Waals surface area contributed by atoms with Crippen molar-refractivity contribution in [2.45, 2.75) is 26.0 Å². The highest BCUT2D eigenvalue weighted by Crippen LogP contribution is 2.39. The predicted molar refractivity (Wildman–Crippen MR) is 106 cm³/mol. The Bertz CT molecular complexity index is 827. The molecule has 2 heterocycles. The summed E-state index contributed by atoms with van der Waals surface area (Å²) in [7, 11) is 4.37. The van der Waals surface area contributed by atoms with Gasteiger partial charge in [-0.2, -0.15) is 13.4 Å². The summed E-state index contributed by atoms with van der Waals surface area (Å²) in [6.45, 7) is 3.17. The second-order valence-corrected chi connectivity index (χ2v) is 7.72. The van der Waals surface area contributed by atoms with E-state index in [2.05, 4.69) is 52.3 Å². The molecule has 0 saturated heterocycles. The minimum absolute atomic E-state index is 0.0429. The summed E-state index contributed by atoms with van der Waals surface area (Å²) in [5.41, 5.74) is 3.84. The van der Waals surface area contributed by atoms with Crippen LogP contribution in [0.2, 0.25) is 0 Å². The fraction of sp³-hybridized carbons (Fsp3) is 0.556. The lowest BCUT2D eigenvalue weighted by Crippen LogP contribution is -2.41. The van der Waals surface area contributed by atoms with Crippen molar-refractivity contribution in [1.82, 2.24) is 10.0 Å². The van der Waals surface area contributed by atoms with Gasteiger partial charge in [-0.15, -0.1) is 0 Å². The number of likely N-dealkylation sites (N-methyl/N-ethyl adjacent to an activating group) is 1. The van der Waals surface area contributed by atoms with Gasteiger partial charge in [-0.05, 0) is 43.5 Å². The number of methoxy groups -OCH3 is 2. The summed E-state index contributed by atoms with van der Waals surface area (Å²) in [5.74, 6) is 2.16. The van der Waals surface area contributed by atoms with E-state index in [4.69, 9.17) is 14.0 Å². The van der Waals surface area contributed by atoms with Gasteiger partial charge in [-0.25, -0.2) is 0 Å². The highest BCUT2D eigenvalue weighted by atomic mass is 32.3. The zero-order chi connectivity index (χ0) is 21.1. The first-order valence-electron chi connectivity index (χ1n) is 8.82. The Morgan fingerprint density at radius 1 is 1.18 bits per heavy atom. The van der Waals surface area contributed by atoms with Gasteiger partial charge in [0.2, 0.25) is 0 Å². The maximum Gasteiger partial charge on any atom is 0.397 e. The van der Waals surface area contributed by atoms with Crippen LogP contribution in [0.1, 0.15) is 18.4 Å². The molecule has 0 fully saturated rings. The van der Waals surface area contributed by atoms with E-state index in [1.165, 1.54) is 22.6 Å². The lowest BCUT2D eigenvalue weighted by Gasteiger charge is -2.36. The highest BCUT2D eigenvalue weighted by Gasteiger charge is 2.39. The number of nitrogens with zero attached hydrogens (tertiary/aromatic N) is 3. The molecule has 10 heteroatoms. The van der Waals surface area contributed by atoms with Crippen molar-refractivity contribution in [3.05, 3.63) is 35.2 Å². The Balaban J connectivity index is 0.000000409. The molecule has 2 aliphatic heterocycles. The average Bonchev–Trinajstić information content (AvgIpc) is 2.92. The van der Waals surface area contributed by atoms with Crippen LogP contribution in [0.25, 0.3) is 0 Å². The standard InChI is InChI=1S/C17H25N3O2.CH4O4S/c1-12-11-13(21-4)8-9-15(12)20-10-6-7-14-16(20)18(2)19(3)17(14)22-5;1-5-6(2,3)4/h8-9,11,17H,6-7,10H2,1-5H3;1H3,(H,2,3,4). The third-order valence-electron chi connectivity index (χ3n) is 4.92. The number of hydrazine groups is 1. The van der Waals surface area contributed by atoms with Crippen molar-refractivity contribution in [1.29, 1.82) is 0 Å². The molecule has 0 bridgehead atoms. The largest absolute Gasteiger partial charge is 0.497 e. The minimum atomic E-state index is -4.16. The van der Waals surface area contributed by atoms with Crippen molar-refractivity contribution in [2.75, 3.05) is 46.9 Å². The van der Waals surface area contributed by atoms with Gasteiger partial charge in [-0.3, -0.25) is 13.7 Å². The number of hydrogen-bond acceptors (Lipinski definition) is 8. The topological polar surface area (TPSA) is 91.8 Å². The summed E-state index contributed by atoms with van der Waals surface area (Å²) in [5, 5.41) is 4.36. The van der Waals surface area contributed by atoms with Gasteiger partial charge >= 0.3 is 10.4 Å². The summed E-state index contributed by atoms with van der Waals surface area (Å²) in [4.78, 5) is 2.41. The fourth-order valence-corrected chi connectivity index (χ4v) is 3.55. The van der Waals surface area contributed by atoms with Crippen molar-refractivity contribution >= 4 is 16.1 Å². The zero-order valence-electron chi connectivity index (χ0n) is 17.2. The van der Waals surface area contributed by atoms with Crippen LogP contribution >= 0.6 is 0 Å². The van der Waals surface area contributed by atoms with Crippen molar-refractivity contribution in [3.63, 3.8) is 0 Å². The number of anilines is 1. The summed E-state index contributed by atoms with van der Waals surface area (Å²) in [6, 6.07) is 6.28. The van der Waals surface area contributed by atoms with Crippen molar-refractivity contribution < 1.29 is 26.6 Å². The summed E-state index contributed by atoms with van der Waals surface area (Å²) < 4.78 is 40.7. The number of benzene rings is 1. The molecule has 0 spiro atoms. The molecular weight excluding hydrogens is 386 g/mol. The molecule has 0 radical (unpaired) electrons. The smallest absolute Gasteiger partial charge is 0.397 e. The molecule has 3 rings (SSSR count). The van der Waals surface area contributed by atoms with Crippen LogP contribution in [-0.4, -0.2) is 71.2 Å². The molecule has 0 aliphatic carbocycles. The molecule has 1 N–H and O–H groups in total. The molecular formula is C18H29N3O6S. The van der Waals surface area contributed by atoms with Crippen LogP contribution in [0.3, 0.4) is 0 Å². The van der Waals surface area contributed by atoms with Gasteiger partial charge in [0.25, 0.3) is 0 Å². The van der Waals surface area contributed by atoms with E-state index in [9.17, 15) is 8.42 Å². The van der Waals surface area contributed by atoms with Gasteiger partial charge in [0.1, 0.15) is 11.6 Å². The van der Waals surface area contributed by atoms with Crippen LogP contribution in [0, 0.1) is 6.92 Å². The molecule has 1 aromatic carbocycles. The monoisotopic (exact) mass is 415 g/mol. The molecule has 9 nitrogen and oxygen atoms in total. The van der Waals surface area contributed by atoms with Crippen LogP contribution in [0.5, 0.6) is 5.75 Å². The molecule has 2 aliphatic rings. The van der Waals surface area contributed by atoms with Gasteiger partial charge in [0, 0.05) is 39.0 Å². The number of aryl methyl sites for hydroxylation is 1. The Labute approximate surface area is 167 Å². The normalized spacial score (nSPS) is 20.0. The number of hydrogen-bond donors (Lipinski definition) is 1. The molecule has 1 atom stereocenters. The maximum absolute atomic E-state index is 9.33. The van der Waals surface area contributed by atoms with Crippen LogP contribution < -0.4 is 9.64 Å². The summed E-state index contributed by atoms with van der Waals surface area (Å²) >= 11 is 0. The van der Waals surface area contributed by atoms with Crippen molar-refractivity contribution in [2.24, 2.45) is 0 Å². The van der Waals surface area contributed by atoms with Crippen LogP contribution in [0.15, 0.2) is 29.6 Å². The predicted octanol–water partition coefficient (Wildman–Crippen LogP) is 2.02. The second-order valence-electron chi connectivity index (χ2n) is 6.54. The highest BCUT2D eigenvalue weighted by molar-refractivity contribution is 7.80. The van der Waals surface area contributed by atoms with E-state index >= 15 is 0 Å². The fourth-order valence-electron chi connectivity index (χ4n) is 3.55. The Morgan fingerprint density at radius 2 is 1.82 bits per heavy atom. The summed E-state index contributed by atoms with van der Waals surface area (Å²) in [6.07, 6.45) is 2.28. The lowest BCUT2D eigenvalue weighted by molar-refractivity contribution is -0.0663. The first-order chi connectivity index (χ1) is 13.1. The van der Waals surface area contributed by atoms with Gasteiger partial charge < -0.3 is 14.4 Å². The van der Waals surface area contributed by atoms with E-state index in [0.717, 1.165) is 32.2 Å². The Kier molecular flexibility index (Phi) is 7.29. The lowest BCUT2D eigenvalue weighted by atomic mass is 10.0. The van der Waals surface area contributed by atoms with E-state index in [0.29, 0.717) is 0 Å². The maximum atomic E-state index is 9.33. The molecule has 1 aromatic rings. The SMILES string of the molecule is COS(=O)(=O)O.COc1ccc(N2CCCC3=C2N(C)N(C)C3OC)c(C)c1. The molecule has 0 aromatic heterocycles. The second kappa shape index (κ2) is 9.10.